The molecule has 2 heterocycles. The molecule has 1 saturated heterocycles. The van der Waals surface area contributed by atoms with E-state index in [2.05, 4.69) is 16.3 Å². The maximum Gasteiger partial charge on any atom is 0.189 e. The Bertz CT molecular complexity index is 597. The molecule has 0 amide bonds. The first kappa shape index (κ1) is 18.8. The summed E-state index contributed by atoms with van der Waals surface area (Å²) in [5.41, 5.74) is 7.33. The molecule has 1 aliphatic carbocycles. The number of benzene rings is 1. The first-order valence-electron chi connectivity index (χ1n) is 9.35. The summed E-state index contributed by atoms with van der Waals surface area (Å²) in [6, 6.07) is 9.48. The van der Waals surface area contributed by atoms with Crippen molar-refractivity contribution in [3.63, 3.8) is 0 Å². The molecule has 4 rings (SSSR count). The molecule has 0 radical (unpaired) electrons. The first-order valence-corrected chi connectivity index (χ1v) is 9.35. The minimum atomic E-state index is 0. The molecule has 1 aromatic rings. The standard InChI is InChI=1S/C19H28N4O.HI/c20-19(21-14-12-15(13-14)23-9-4-1-5-10-23)22-17-8-11-24-18-7-3-2-6-16(17)18;/h2-3,6-7,14-15,17H,1,4-5,8-13H2,(H3,20,21,22);1H. The van der Waals surface area contributed by atoms with Crippen molar-refractivity contribution in [2.75, 3.05) is 19.7 Å². The number of hydrogen-bond acceptors (Lipinski definition) is 3. The number of fused-ring (bicyclic) bond motifs is 1. The molecule has 1 unspecified atom stereocenters. The number of piperidine rings is 1. The second-order valence-electron chi connectivity index (χ2n) is 7.27. The molecule has 0 spiro atoms. The van der Waals surface area contributed by atoms with Gasteiger partial charge in [0.1, 0.15) is 5.75 Å². The van der Waals surface area contributed by atoms with E-state index in [4.69, 9.17) is 15.5 Å². The van der Waals surface area contributed by atoms with E-state index in [-0.39, 0.29) is 30.0 Å². The van der Waals surface area contributed by atoms with Crippen molar-refractivity contribution in [1.29, 1.82) is 0 Å². The van der Waals surface area contributed by atoms with Crippen LogP contribution in [0.1, 0.15) is 50.1 Å². The molecule has 6 heteroatoms. The summed E-state index contributed by atoms with van der Waals surface area (Å²) in [5.74, 6) is 1.53. The van der Waals surface area contributed by atoms with Crippen LogP contribution in [0.3, 0.4) is 0 Å². The molecule has 2 fully saturated rings. The van der Waals surface area contributed by atoms with Gasteiger partial charge in [-0.15, -0.1) is 24.0 Å². The van der Waals surface area contributed by atoms with Crippen molar-refractivity contribution >= 4 is 29.9 Å². The van der Waals surface area contributed by atoms with Gasteiger partial charge in [0, 0.05) is 24.1 Å². The normalized spacial score (nSPS) is 29.6. The van der Waals surface area contributed by atoms with Gasteiger partial charge < -0.3 is 20.7 Å². The molecule has 0 aromatic heterocycles. The molecule has 3 aliphatic rings. The predicted octanol–water partition coefficient (Wildman–Crippen LogP) is 3.05. The number of para-hydroxylation sites is 1. The van der Waals surface area contributed by atoms with E-state index in [1.807, 2.05) is 18.2 Å². The quantitative estimate of drug-likeness (QED) is 0.417. The van der Waals surface area contributed by atoms with Gasteiger partial charge in [0.15, 0.2) is 5.96 Å². The van der Waals surface area contributed by atoms with E-state index in [1.54, 1.807) is 0 Å². The predicted molar refractivity (Wildman–Crippen MR) is 112 cm³/mol. The van der Waals surface area contributed by atoms with Crippen LogP contribution in [0.2, 0.25) is 0 Å². The Labute approximate surface area is 167 Å². The zero-order valence-electron chi connectivity index (χ0n) is 14.7. The second kappa shape index (κ2) is 8.58. The van der Waals surface area contributed by atoms with Gasteiger partial charge in [-0.2, -0.15) is 0 Å². The lowest BCUT2D eigenvalue weighted by atomic mass is 9.84. The summed E-state index contributed by atoms with van der Waals surface area (Å²) < 4.78 is 5.69. The fourth-order valence-electron chi connectivity index (χ4n) is 4.16. The molecular weight excluding hydrogens is 427 g/mol. The van der Waals surface area contributed by atoms with Gasteiger partial charge in [-0.1, -0.05) is 24.6 Å². The Hall–Kier alpha value is -1.02. The van der Waals surface area contributed by atoms with Gasteiger partial charge in [0.2, 0.25) is 0 Å². The van der Waals surface area contributed by atoms with Crippen LogP contribution in [0, 0.1) is 0 Å². The summed E-state index contributed by atoms with van der Waals surface area (Å²) in [6.45, 7) is 3.26. The SMILES string of the molecule is I.NC(=NC1CCOc2ccccc21)NC1CC(N2CCCCC2)C1. The van der Waals surface area contributed by atoms with Crippen molar-refractivity contribution in [3.05, 3.63) is 29.8 Å². The Kier molecular flexibility index (Phi) is 6.44. The molecular formula is C19H29IN4O. The monoisotopic (exact) mass is 456 g/mol. The third kappa shape index (κ3) is 4.39. The zero-order valence-corrected chi connectivity index (χ0v) is 17.0. The molecule has 0 bridgehead atoms. The topological polar surface area (TPSA) is 62.9 Å². The maximum absolute atomic E-state index is 6.18. The maximum atomic E-state index is 6.18. The van der Waals surface area contributed by atoms with Crippen LogP contribution in [0.5, 0.6) is 5.75 Å². The largest absolute Gasteiger partial charge is 0.493 e. The van der Waals surface area contributed by atoms with E-state index in [0.717, 1.165) is 23.8 Å². The third-order valence-corrected chi connectivity index (χ3v) is 5.59. The fraction of sp³-hybridized carbons (Fsp3) is 0.632. The summed E-state index contributed by atoms with van der Waals surface area (Å²) in [5, 5.41) is 3.42. The Morgan fingerprint density at radius 1 is 1.16 bits per heavy atom. The van der Waals surface area contributed by atoms with E-state index in [0.29, 0.717) is 18.6 Å². The lowest BCUT2D eigenvalue weighted by Crippen LogP contribution is -2.56. The average Bonchev–Trinajstić information content (AvgIpc) is 2.59. The van der Waals surface area contributed by atoms with Crippen LogP contribution in [0.25, 0.3) is 0 Å². The van der Waals surface area contributed by atoms with E-state index < -0.39 is 0 Å². The summed E-state index contributed by atoms with van der Waals surface area (Å²) >= 11 is 0. The van der Waals surface area contributed by atoms with E-state index in [1.165, 1.54) is 45.2 Å². The zero-order chi connectivity index (χ0) is 16.4. The van der Waals surface area contributed by atoms with Crippen molar-refractivity contribution in [3.8, 4) is 5.75 Å². The molecule has 25 heavy (non-hydrogen) atoms. The number of hydrogen-bond donors (Lipinski definition) is 2. The lowest BCUT2D eigenvalue weighted by molar-refractivity contribution is 0.0846. The number of rotatable bonds is 3. The number of guanidine groups is 1. The number of aliphatic imine (C=N–C) groups is 1. The van der Waals surface area contributed by atoms with Crippen molar-refractivity contribution in [2.24, 2.45) is 10.7 Å². The van der Waals surface area contributed by atoms with Crippen LogP contribution < -0.4 is 15.8 Å². The summed E-state index contributed by atoms with van der Waals surface area (Å²) in [7, 11) is 0. The fourth-order valence-corrected chi connectivity index (χ4v) is 4.16. The molecule has 1 atom stereocenters. The molecule has 2 aliphatic heterocycles. The molecule has 1 saturated carbocycles. The number of nitrogens with two attached hydrogens (primary N) is 1. The highest BCUT2D eigenvalue weighted by atomic mass is 127. The molecule has 1 aromatic carbocycles. The highest BCUT2D eigenvalue weighted by Crippen LogP contribution is 2.34. The minimum Gasteiger partial charge on any atom is -0.493 e. The summed E-state index contributed by atoms with van der Waals surface area (Å²) in [4.78, 5) is 7.38. The van der Waals surface area contributed by atoms with Crippen LogP contribution >= 0.6 is 24.0 Å². The van der Waals surface area contributed by atoms with Crippen LogP contribution in [0.15, 0.2) is 29.3 Å². The highest BCUT2D eigenvalue weighted by molar-refractivity contribution is 14.0. The Balaban J connectivity index is 0.00000182. The van der Waals surface area contributed by atoms with Crippen molar-refractivity contribution in [1.82, 2.24) is 10.2 Å². The van der Waals surface area contributed by atoms with Crippen molar-refractivity contribution < 1.29 is 4.74 Å². The minimum absolute atomic E-state index is 0. The smallest absolute Gasteiger partial charge is 0.189 e. The third-order valence-electron chi connectivity index (χ3n) is 5.59. The van der Waals surface area contributed by atoms with Crippen LogP contribution in [0.4, 0.5) is 0 Å². The summed E-state index contributed by atoms with van der Waals surface area (Å²) in [6.07, 6.45) is 7.40. The number of likely N-dealkylation sites (tertiary alicyclic amines) is 1. The first-order chi connectivity index (χ1) is 11.8. The highest BCUT2D eigenvalue weighted by Gasteiger charge is 2.34. The molecule has 138 valence electrons. The van der Waals surface area contributed by atoms with E-state index in [9.17, 15) is 0 Å². The average molecular weight is 456 g/mol. The van der Waals surface area contributed by atoms with E-state index >= 15 is 0 Å². The van der Waals surface area contributed by atoms with Gasteiger partial charge in [0.25, 0.3) is 0 Å². The molecule has 3 N–H and O–H groups in total. The van der Waals surface area contributed by atoms with Gasteiger partial charge in [-0.25, -0.2) is 4.99 Å². The van der Waals surface area contributed by atoms with Gasteiger partial charge in [0.05, 0.1) is 12.6 Å². The van der Waals surface area contributed by atoms with Crippen molar-refractivity contribution in [2.45, 2.75) is 56.7 Å². The van der Waals surface area contributed by atoms with Crippen LogP contribution in [-0.4, -0.2) is 42.6 Å². The van der Waals surface area contributed by atoms with Gasteiger partial charge >= 0.3 is 0 Å². The second-order valence-corrected chi connectivity index (χ2v) is 7.27. The van der Waals surface area contributed by atoms with Gasteiger partial charge in [-0.3, -0.25) is 0 Å². The van der Waals surface area contributed by atoms with Crippen LogP contribution in [-0.2, 0) is 0 Å². The number of ether oxygens (including phenoxy) is 1. The molecule has 5 nitrogen and oxygen atoms in total. The number of nitrogens with zero attached hydrogens (tertiary/aromatic N) is 2. The number of halogens is 1. The Morgan fingerprint density at radius 3 is 2.72 bits per heavy atom. The number of nitrogens with one attached hydrogen (secondary N) is 1. The van der Waals surface area contributed by atoms with Gasteiger partial charge in [-0.05, 0) is 44.8 Å². The Morgan fingerprint density at radius 2 is 1.92 bits per heavy atom. The lowest BCUT2D eigenvalue weighted by Gasteiger charge is -2.44.